The molecular formula is C22H23N5O4. The number of fused-ring (bicyclic) bond motifs is 1. The minimum atomic E-state index is -0.170. The number of methoxy groups -OCH3 is 2. The summed E-state index contributed by atoms with van der Waals surface area (Å²) in [7, 11) is 3.14. The average molecular weight is 421 g/mol. The van der Waals surface area contributed by atoms with Gasteiger partial charge in [0.1, 0.15) is 0 Å². The van der Waals surface area contributed by atoms with Gasteiger partial charge in [0, 0.05) is 24.9 Å². The number of carbonyl (C=O) groups excluding carboxylic acids is 1. The van der Waals surface area contributed by atoms with Gasteiger partial charge >= 0.3 is 0 Å². The van der Waals surface area contributed by atoms with Crippen LogP contribution in [-0.2, 0) is 17.8 Å². The van der Waals surface area contributed by atoms with Crippen LogP contribution in [0.5, 0.6) is 11.5 Å². The second-order valence-corrected chi connectivity index (χ2v) is 6.80. The molecule has 0 aliphatic heterocycles. The van der Waals surface area contributed by atoms with E-state index >= 15 is 0 Å². The fourth-order valence-electron chi connectivity index (χ4n) is 3.35. The first-order valence-corrected chi connectivity index (χ1v) is 9.93. The molecule has 160 valence electrons. The Balaban J connectivity index is 1.42. The second kappa shape index (κ2) is 8.86. The van der Waals surface area contributed by atoms with Crippen LogP contribution in [0.1, 0.15) is 19.2 Å². The zero-order chi connectivity index (χ0) is 21.8. The van der Waals surface area contributed by atoms with Crippen LogP contribution in [0.4, 0.5) is 5.95 Å². The van der Waals surface area contributed by atoms with Crippen molar-refractivity contribution in [3.8, 4) is 22.9 Å². The van der Waals surface area contributed by atoms with Crippen molar-refractivity contribution in [2.75, 3.05) is 19.5 Å². The van der Waals surface area contributed by atoms with Gasteiger partial charge in [-0.15, -0.1) is 0 Å². The largest absolute Gasteiger partial charge is 0.493 e. The number of rotatable bonds is 8. The summed E-state index contributed by atoms with van der Waals surface area (Å²) in [5, 5.41) is 6.88. The van der Waals surface area contributed by atoms with E-state index in [1.54, 1.807) is 26.4 Å². The van der Waals surface area contributed by atoms with Gasteiger partial charge < -0.3 is 18.6 Å². The van der Waals surface area contributed by atoms with E-state index in [1.807, 2.05) is 41.8 Å². The molecule has 0 bridgehead atoms. The molecule has 0 radical (unpaired) electrons. The van der Waals surface area contributed by atoms with Gasteiger partial charge in [-0.25, -0.2) is 4.98 Å². The number of aryl methyl sites for hydroxylation is 2. The maximum absolute atomic E-state index is 12.5. The molecule has 2 heterocycles. The third-order valence-electron chi connectivity index (χ3n) is 4.90. The molecule has 31 heavy (non-hydrogen) atoms. The SMILES string of the molecule is CCn1c(NC(=O)CCc2nc(-c3ccc(OC)c(OC)c3)no2)nc2ccccc21. The van der Waals surface area contributed by atoms with E-state index in [2.05, 4.69) is 20.4 Å². The Morgan fingerprint density at radius 1 is 1.10 bits per heavy atom. The number of aromatic nitrogens is 4. The van der Waals surface area contributed by atoms with Gasteiger partial charge in [-0.05, 0) is 37.3 Å². The molecule has 0 spiro atoms. The predicted molar refractivity (Wildman–Crippen MR) is 115 cm³/mol. The van der Waals surface area contributed by atoms with Gasteiger partial charge in [0.25, 0.3) is 0 Å². The molecule has 1 amide bonds. The molecule has 0 saturated carbocycles. The van der Waals surface area contributed by atoms with Crippen molar-refractivity contribution in [3.05, 3.63) is 48.4 Å². The van der Waals surface area contributed by atoms with Crippen LogP contribution in [0.3, 0.4) is 0 Å². The quantitative estimate of drug-likeness (QED) is 0.463. The summed E-state index contributed by atoms with van der Waals surface area (Å²) in [6.45, 7) is 2.71. The molecule has 4 aromatic rings. The number of nitrogens with one attached hydrogen (secondary N) is 1. The number of ether oxygens (including phenoxy) is 2. The van der Waals surface area contributed by atoms with Crippen molar-refractivity contribution in [1.82, 2.24) is 19.7 Å². The number of carbonyl (C=O) groups is 1. The van der Waals surface area contributed by atoms with Gasteiger partial charge in [0.2, 0.25) is 23.6 Å². The molecule has 0 aliphatic carbocycles. The van der Waals surface area contributed by atoms with E-state index in [0.717, 1.165) is 16.6 Å². The average Bonchev–Trinajstić information content (AvgIpc) is 3.41. The van der Waals surface area contributed by atoms with Crippen molar-refractivity contribution in [2.45, 2.75) is 26.3 Å². The summed E-state index contributed by atoms with van der Waals surface area (Å²) in [6, 6.07) is 13.1. The Morgan fingerprint density at radius 3 is 2.68 bits per heavy atom. The summed E-state index contributed by atoms with van der Waals surface area (Å²) in [5.41, 5.74) is 2.56. The van der Waals surface area contributed by atoms with Crippen molar-refractivity contribution in [1.29, 1.82) is 0 Å². The number of hydrogen-bond acceptors (Lipinski definition) is 7. The van der Waals surface area contributed by atoms with Gasteiger partial charge in [-0.1, -0.05) is 17.3 Å². The first-order valence-electron chi connectivity index (χ1n) is 9.93. The van der Waals surface area contributed by atoms with Crippen molar-refractivity contribution in [3.63, 3.8) is 0 Å². The molecule has 0 saturated heterocycles. The second-order valence-electron chi connectivity index (χ2n) is 6.80. The molecule has 2 aromatic heterocycles. The molecule has 4 rings (SSSR count). The van der Waals surface area contributed by atoms with E-state index in [4.69, 9.17) is 14.0 Å². The smallest absolute Gasteiger partial charge is 0.227 e. The van der Waals surface area contributed by atoms with Crippen LogP contribution >= 0.6 is 0 Å². The summed E-state index contributed by atoms with van der Waals surface area (Å²) >= 11 is 0. The first-order chi connectivity index (χ1) is 15.1. The monoisotopic (exact) mass is 421 g/mol. The van der Waals surface area contributed by atoms with Crippen molar-refractivity contribution in [2.24, 2.45) is 0 Å². The summed E-state index contributed by atoms with van der Waals surface area (Å²) in [5.74, 6) is 2.35. The van der Waals surface area contributed by atoms with E-state index < -0.39 is 0 Å². The zero-order valence-corrected chi connectivity index (χ0v) is 17.6. The van der Waals surface area contributed by atoms with E-state index in [-0.39, 0.29) is 12.3 Å². The summed E-state index contributed by atoms with van der Waals surface area (Å²) in [6.07, 6.45) is 0.513. The number of imidazole rings is 1. The number of para-hydroxylation sites is 2. The third-order valence-corrected chi connectivity index (χ3v) is 4.90. The molecule has 9 nitrogen and oxygen atoms in total. The highest BCUT2D eigenvalue weighted by molar-refractivity contribution is 5.91. The number of amides is 1. The van der Waals surface area contributed by atoms with Crippen molar-refractivity contribution < 1.29 is 18.8 Å². The Morgan fingerprint density at radius 2 is 1.90 bits per heavy atom. The normalized spacial score (nSPS) is 10.9. The molecular weight excluding hydrogens is 398 g/mol. The Kier molecular flexibility index (Phi) is 5.83. The van der Waals surface area contributed by atoms with Crippen LogP contribution in [0.25, 0.3) is 22.4 Å². The third kappa shape index (κ3) is 4.20. The van der Waals surface area contributed by atoms with Crippen LogP contribution in [-0.4, -0.2) is 39.8 Å². The molecule has 0 unspecified atom stereocenters. The lowest BCUT2D eigenvalue weighted by Gasteiger charge is -2.07. The van der Waals surface area contributed by atoms with Crippen LogP contribution in [0.2, 0.25) is 0 Å². The maximum atomic E-state index is 12.5. The van der Waals surface area contributed by atoms with E-state index in [9.17, 15) is 4.79 Å². The predicted octanol–water partition coefficient (Wildman–Crippen LogP) is 3.69. The number of hydrogen-bond donors (Lipinski definition) is 1. The fourth-order valence-corrected chi connectivity index (χ4v) is 3.35. The molecule has 1 N–H and O–H groups in total. The van der Waals surface area contributed by atoms with Crippen LogP contribution in [0, 0.1) is 0 Å². The minimum absolute atomic E-state index is 0.170. The number of nitrogens with zero attached hydrogens (tertiary/aromatic N) is 4. The topological polar surface area (TPSA) is 104 Å². The molecule has 0 fully saturated rings. The Hall–Kier alpha value is -3.88. The standard InChI is InChI=1S/C22H23N5O4/c1-4-27-16-8-6-5-7-15(16)23-22(27)24-19(28)11-12-20-25-21(26-31-20)14-9-10-17(29-2)18(13-14)30-3/h5-10,13H,4,11-12H2,1-3H3,(H,23,24,28). The highest BCUT2D eigenvalue weighted by Gasteiger charge is 2.15. The Labute approximate surface area is 179 Å². The highest BCUT2D eigenvalue weighted by atomic mass is 16.5. The number of benzene rings is 2. The van der Waals surface area contributed by atoms with Gasteiger partial charge in [-0.2, -0.15) is 4.98 Å². The Bertz CT molecular complexity index is 1210. The molecule has 0 aliphatic rings. The van der Waals surface area contributed by atoms with Gasteiger partial charge in [0.05, 0.1) is 25.3 Å². The minimum Gasteiger partial charge on any atom is -0.493 e. The fraction of sp³-hybridized carbons (Fsp3) is 0.273. The van der Waals surface area contributed by atoms with Gasteiger partial charge in [0.15, 0.2) is 11.5 Å². The molecule has 0 atom stereocenters. The van der Waals surface area contributed by atoms with Crippen molar-refractivity contribution >= 4 is 22.9 Å². The highest BCUT2D eigenvalue weighted by Crippen LogP contribution is 2.31. The zero-order valence-electron chi connectivity index (χ0n) is 17.6. The van der Waals surface area contributed by atoms with Crippen LogP contribution in [0.15, 0.2) is 47.0 Å². The summed E-state index contributed by atoms with van der Waals surface area (Å²) in [4.78, 5) is 21.4. The lowest BCUT2D eigenvalue weighted by molar-refractivity contribution is -0.116. The van der Waals surface area contributed by atoms with Gasteiger partial charge in [-0.3, -0.25) is 10.1 Å². The van der Waals surface area contributed by atoms with E-state index in [0.29, 0.717) is 42.1 Å². The summed E-state index contributed by atoms with van der Waals surface area (Å²) < 4.78 is 17.8. The molecule has 9 heteroatoms. The first kappa shape index (κ1) is 20.4. The maximum Gasteiger partial charge on any atom is 0.227 e. The van der Waals surface area contributed by atoms with Crippen LogP contribution < -0.4 is 14.8 Å². The number of anilines is 1. The lowest BCUT2D eigenvalue weighted by atomic mass is 10.2. The van der Waals surface area contributed by atoms with E-state index in [1.165, 1.54) is 0 Å². The lowest BCUT2D eigenvalue weighted by Crippen LogP contribution is -2.16. The molecule has 2 aromatic carbocycles.